The monoisotopic (exact) mass is 289 g/mol. The molecular formula is C17H23NO3. The third-order valence-corrected chi connectivity index (χ3v) is 3.94. The summed E-state index contributed by atoms with van der Waals surface area (Å²) in [6.07, 6.45) is -0.271. The van der Waals surface area contributed by atoms with Crippen LogP contribution in [0.4, 0.5) is 0 Å². The molecule has 4 nitrogen and oxygen atoms in total. The van der Waals surface area contributed by atoms with Crippen LogP contribution in [0.25, 0.3) is 0 Å². The van der Waals surface area contributed by atoms with Crippen LogP contribution in [0.1, 0.15) is 36.1 Å². The molecule has 1 heterocycles. The van der Waals surface area contributed by atoms with Crippen LogP contribution in [0.15, 0.2) is 17.3 Å². The van der Waals surface area contributed by atoms with Crippen molar-refractivity contribution in [2.75, 3.05) is 7.11 Å². The zero-order valence-corrected chi connectivity index (χ0v) is 13.6. The van der Waals surface area contributed by atoms with Crippen LogP contribution >= 0.6 is 0 Å². The van der Waals surface area contributed by atoms with E-state index in [0.717, 1.165) is 16.7 Å². The zero-order chi connectivity index (χ0) is 15.7. The van der Waals surface area contributed by atoms with Crippen molar-refractivity contribution in [3.05, 3.63) is 34.4 Å². The fourth-order valence-corrected chi connectivity index (χ4v) is 3.06. The van der Waals surface area contributed by atoms with Crippen LogP contribution < -0.4 is 0 Å². The molecule has 4 heteroatoms. The molecule has 0 N–H and O–H groups in total. The average molecular weight is 289 g/mol. The van der Waals surface area contributed by atoms with Gasteiger partial charge in [-0.3, -0.25) is 4.79 Å². The SMILES string of the molecule is COC(=O)[C@@H]1C(c2c(C)cc(C)cc2C)=NO[C@H]1C(C)C. The molecule has 1 aliphatic heterocycles. The van der Waals surface area contributed by atoms with E-state index in [1.165, 1.54) is 12.7 Å². The smallest absolute Gasteiger partial charge is 0.318 e. The maximum Gasteiger partial charge on any atom is 0.318 e. The number of rotatable bonds is 3. The lowest BCUT2D eigenvalue weighted by molar-refractivity contribution is -0.147. The third-order valence-electron chi connectivity index (χ3n) is 3.94. The maximum atomic E-state index is 12.2. The van der Waals surface area contributed by atoms with E-state index >= 15 is 0 Å². The normalized spacial score (nSPS) is 21.2. The molecule has 0 saturated heterocycles. The summed E-state index contributed by atoms with van der Waals surface area (Å²) in [6, 6.07) is 4.20. The number of carbonyl (C=O) groups excluding carboxylic acids is 1. The van der Waals surface area contributed by atoms with Gasteiger partial charge >= 0.3 is 5.97 Å². The molecule has 0 aliphatic carbocycles. The van der Waals surface area contributed by atoms with Gasteiger partial charge in [-0.25, -0.2) is 0 Å². The summed E-state index contributed by atoms with van der Waals surface area (Å²) in [5, 5.41) is 4.23. The Kier molecular flexibility index (Phi) is 4.35. The van der Waals surface area contributed by atoms with Crippen LogP contribution in [0, 0.1) is 32.6 Å². The summed E-state index contributed by atoms with van der Waals surface area (Å²) in [7, 11) is 1.41. The Labute approximate surface area is 126 Å². The Hall–Kier alpha value is -1.84. The second-order valence-electron chi connectivity index (χ2n) is 6.07. The minimum absolute atomic E-state index is 0.182. The van der Waals surface area contributed by atoms with E-state index in [1.54, 1.807) is 0 Å². The number of hydrogen-bond acceptors (Lipinski definition) is 4. The maximum absolute atomic E-state index is 12.2. The van der Waals surface area contributed by atoms with E-state index in [4.69, 9.17) is 9.57 Å². The minimum Gasteiger partial charge on any atom is -0.468 e. The Morgan fingerprint density at radius 3 is 2.29 bits per heavy atom. The number of hydrogen-bond donors (Lipinski definition) is 0. The van der Waals surface area contributed by atoms with Crippen LogP contribution in [-0.2, 0) is 14.4 Å². The molecule has 2 atom stereocenters. The fraction of sp³-hybridized carbons (Fsp3) is 0.529. The van der Waals surface area contributed by atoms with Gasteiger partial charge in [-0.15, -0.1) is 0 Å². The second kappa shape index (κ2) is 5.88. The van der Waals surface area contributed by atoms with Crippen LogP contribution in [0.3, 0.4) is 0 Å². The van der Waals surface area contributed by atoms with Gasteiger partial charge in [0.05, 0.1) is 7.11 Å². The van der Waals surface area contributed by atoms with Crippen molar-refractivity contribution in [1.29, 1.82) is 0 Å². The molecule has 0 bridgehead atoms. The lowest BCUT2D eigenvalue weighted by Gasteiger charge is -2.21. The number of ether oxygens (including phenoxy) is 1. The van der Waals surface area contributed by atoms with Crippen molar-refractivity contribution in [1.82, 2.24) is 0 Å². The molecule has 0 unspecified atom stereocenters. The van der Waals surface area contributed by atoms with Gasteiger partial charge in [0.1, 0.15) is 17.7 Å². The first kappa shape index (κ1) is 15.5. The molecule has 0 spiro atoms. The standard InChI is InChI=1S/C17H23NO3/c1-9(2)16-14(17(19)20-6)15(18-21-16)13-11(4)7-10(3)8-12(13)5/h7-9,14,16H,1-6H3/t14-,16+/m1/s1. The van der Waals surface area contributed by atoms with Crippen molar-refractivity contribution < 1.29 is 14.4 Å². The third kappa shape index (κ3) is 2.80. The highest BCUT2D eigenvalue weighted by atomic mass is 16.6. The number of methoxy groups -OCH3 is 1. The van der Waals surface area contributed by atoms with Gasteiger partial charge in [0.15, 0.2) is 0 Å². The van der Waals surface area contributed by atoms with E-state index in [9.17, 15) is 4.79 Å². The first-order valence-corrected chi connectivity index (χ1v) is 7.26. The molecule has 2 rings (SSSR count). The molecule has 114 valence electrons. The molecule has 21 heavy (non-hydrogen) atoms. The van der Waals surface area contributed by atoms with Crippen LogP contribution in [-0.4, -0.2) is 24.9 Å². The highest BCUT2D eigenvalue weighted by Gasteiger charge is 2.43. The lowest BCUT2D eigenvalue weighted by atomic mass is 9.84. The number of esters is 1. The Morgan fingerprint density at radius 2 is 1.81 bits per heavy atom. The van der Waals surface area contributed by atoms with Crippen molar-refractivity contribution >= 4 is 11.7 Å². The van der Waals surface area contributed by atoms with Gasteiger partial charge in [0, 0.05) is 5.56 Å². The number of carbonyl (C=O) groups is 1. The first-order valence-electron chi connectivity index (χ1n) is 7.26. The van der Waals surface area contributed by atoms with E-state index in [-0.39, 0.29) is 18.0 Å². The topological polar surface area (TPSA) is 47.9 Å². The summed E-state index contributed by atoms with van der Waals surface area (Å²) >= 11 is 0. The van der Waals surface area contributed by atoms with Gasteiger partial charge < -0.3 is 9.57 Å². The van der Waals surface area contributed by atoms with Gasteiger partial charge in [-0.2, -0.15) is 0 Å². The summed E-state index contributed by atoms with van der Waals surface area (Å²) < 4.78 is 4.97. The molecule has 0 fully saturated rings. The van der Waals surface area contributed by atoms with E-state index < -0.39 is 5.92 Å². The number of nitrogens with zero attached hydrogens (tertiary/aromatic N) is 1. The van der Waals surface area contributed by atoms with Crippen molar-refractivity contribution in [3.63, 3.8) is 0 Å². The summed E-state index contributed by atoms with van der Waals surface area (Å²) in [5.41, 5.74) is 5.10. The van der Waals surface area contributed by atoms with Crippen molar-refractivity contribution in [2.24, 2.45) is 17.0 Å². The molecule has 0 amide bonds. The summed E-state index contributed by atoms with van der Waals surface area (Å²) in [6.45, 7) is 10.2. The molecular weight excluding hydrogens is 266 g/mol. The summed E-state index contributed by atoms with van der Waals surface area (Å²) in [5.74, 6) is -0.569. The highest BCUT2D eigenvalue weighted by molar-refractivity contribution is 6.14. The largest absolute Gasteiger partial charge is 0.468 e. The van der Waals surface area contributed by atoms with Gasteiger partial charge in [0.2, 0.25) is 0 Å². The second-order valence-corrected chi connectivity index (χ2v) is 6.07. The van der Waals surface area contributed by atoms with Crippen molar-refractivity contribution in [2.45, 2.75) is 40.7 Å². The van der Waals surface area contributed by atoms with Crippen molar-refractivity contribution in [3.8, 4) is 0 Å². The molecule has 0 aromatic heterocycles. The molecule has 0 radical (unpaired) electrons. The van der Waals surface area contributed by atoms with Crippen LogP contribution in [0.2, 0.25) is 0 Å². The van der Waals surface area contributed by atoms with Gasteiger partial charge in [-0.05, 0) is 37.8 Å². The fourth-order valence-electron chi connectivity index (χ4n) is 3.06. The van der Waals surface area contributed by atoms with Gasteiger partial charge in [-0.1, -0.05) is 36.7 Å². The molecule has 1 aromatic carbocycles. The molecule has 1 aromatic rings. The predicted molar refractivity (Wildman–Crippen MR) is 82.4 cm³/mol. The molecule has 1 aliphatic rings. The highest BCUT2D eigenvalue weighted by Crippen LogP contribution is 2.32. The molecule has 0 saturated carbocycles. The zero-order valence-electron chi connectivity index (χ0n) is 13.6. The quantitative estimate of drug-likeness (QED) is 0.803. The van der Waals surface area contributed by atoms with E-state index in [1.807, 2.05) is 27.7 Å². The minimum atomic E-state index is -0.463. The first-order chi connectivity index (χ1) is 9.86. The Balaban J connectivity index is 2.50. The van der Waals surface area contributed by atoms with E-state index in [0.29, 0.717) is 5.71 Å². The lowest BCUT2D eigenvalue weighted by Crippen LogP contribution is -2.36. The number of benzene rings is 1. The van der Waals surface area contributed by atoms with Gasteiger partial charge in [0.25, 0.3) is 0 Å². The Morgan fingerprint density at radius 1 is 1.24 bits per heavy atom. The predicted octanol–water partition coefficient (Wildman–Crippen LogP) is 3.16. The number of aryl methyl sites for hydroxylation is 3. The number of oxime groups is 1. The average Bonchev–Trinajstić information content (AvgIpc) is 2.81. The summed E-state index contributed by atoms with van der Waals surface area (Å²) in [4.78, 5) is 17.8. The Bertz CT molecular complexity index is 567. The van der Waals surface area contributed by atoms with Crippen LogP contribution in [0.5, 0.6) is 0 Å². The van der Waals surface area contributed by atoms with E-state index in [2.05, 4.69) is 24.2 Å².